The monoisotopic (exact) mass is 126 g/mol. The molecule has 0 radical (unpaired) electrons. The third-order valence-electron chi connectivity index (χ3n) is 1.91. The van der Waals surface area contributed by atoms with Crippen molar-refractivity contribution in [3.8, 4) is 0 Å². The molecule has 0 aromatic heterocycles. The Balaban J connectivity index is 2.28. The molecule has 0 bridgehead atoms. The molecule has 0 heterocycles. The zero-order valence-electron chi connectivity index (χ0n) is 5.88. The van der Waals surface area contributed by atoms with Crippen LogP contribution in [0.15, 0.2) is 12.2 Å². The van der Waals surface area contributed by atoms with E-state index in [2.05, 4.69) is 13.0 Å². The van der Waals surface area contributed by atoms with Gasteiger partial charge in [-0.15, -0.1) is 0 Å². The van der Waals surface area contributed by atoms with Crippen LogP contribution in [0.25, 0.3) is 0 Å². The summed E-state index contributed by atoms with van der Waals surface area (Å²) in [6.45, 7) is 2.16. The standard InChI is InChI=1S/C8H14O/c1-2-4-7-5-3-6-8(7)9/h3,6-9H,2,4-5H2,1H3/t7-,8+/m1/s1. The van der Waals surface area contributed by atoms with Crippen molar-refractivity contribution in [2.75, 3.05) is 0 Å². The molecule has 0 aromatic rings. The van der Waals surface area contributed by atoms with Crippen LogP contribution < -0.4 is 0 Å². The molecule has 1 aliphatic rings. The number of rotatable bonds is 2. The Labute approximate surface area is 56.4 Å². The van der Waals surface area contributed by atoms with Crippen LogP contribution in [0.2, 0.25) is 0 Å². The number of hydrogen-bond acceptors (Lipinski definition) is 1. The molecule has 52 valence electrons. The van der Waals surface area contributed by atoms with Crippen LogP contribution in [0.5, 0.6) is 0 Å². The molecule has 0 spiro atoms. The topological polar surface area (TPSA) is 20.2 Å². The van der Waals surface area contributed by atoms with Crippen LogP contribution in [0.1, 0.15) is 26.2 Å². The number of aliphatic hydroxyl groups is 1. The van der Waals surface area contributed by atoms with E-state index < -0.39 is 0 Å². The largest absolute Gasteiger partial charge is 0.389 e. The second-order valence-electron chi connectivity index (χ2n) is 2.70. The van der Waals surface area contributed by atoms with Crippen LogP contribution >= 0.6 is 0 Å². The van der Waals surface area contributed by atoms with Gasteiger partial charge >= 0.3 is 0 Å². The molecule has 1 nitrogen and oxygen atoms in total. The fraction of sp³-hybridized carbons (Fsp3) is 0.750. The van der Waals surface area contributed by atoms with E-state index in [1.54, 1.807) is 0 Å². The summed E-state index contributed by atoms with van der Waals surface area (Å²) in [5.41, 5.74) is 0. The van der Waals surface area contributed by atoms with Crippen molar-refractivity contribution in [2.24, 2.45) is 5.92 Å². The molecule has 1 rings (SSSR count). The van der Waals surface area contributed by atoms with Crippen LogP contribution in [-0.2, 0) is 0 Å². The lowest BCUT2D eigenvalue weighted by Gasteiger charge is -2.11. The molecule has 0 saturated carbocycles. The summed E-state index contributed by atoms with van der Waals surface area (Å²) < 4.78 is 0. The van der Waals surface area contributed by atoms with Gasteiger partial charge in [0.15, 0.2) is 0 Å². The van der Waals surface area contributed by atoms with Gasteiger partial charge in [-0.1, -0.05) is 25.5 Å². The first-order valence-corrected chi connectivity index (χ1v) is 3.69. The average molecular weight is 126 g/mol. The summed E-state index contributed by atoms with van der Waals surface area (Å²) in [5, 5.41) is 9.23. The lowest BCUT2D eigenvalue weighted by Crippen LogP contribution is -2.12. The Bertz CT molecular complexity index is 107. The molecule has 9 heavy (non-hydrogen) atoms. The highest BCUT2D eigenvalue weighted by Crippen LogP contribution is 2.22. The molecule has 0 saturated heterocycles. The van der Waals surface area contributed by atoms with E-state index in [0.29, 0.717) is 5.92 Å². The quantitative estimate of drug-likeness (QED) is 0.558. The molecule has 1 aliphatic carbocycles. The average Bonchev–Trinajstić information content (AvgIpc) is 2.18. The summed E-state index contributed by atoms with van der Waals surface area (Å²) in [7, 11) is 0. The van der Waals surface area contributed by atoms with Gasteiger partial charge in [0.1, 0.15) is 0 Å². The van der Waals surface area contributed by atoms with Gasteiger partial charge in [0.05, 0.1) is 6.10 Å². The van der Waals surface area contributed by atoms with Crippen molar-refractivity contribution in [3.05, 3.63) is 12.2 Å². The molecule has 0 fully saturated rings. The van der Waals surface area contributed by atoms with Crippen LogP contribution in [0.3, 0.4) is 0 Å². The van der Waals surface area contributed by atoms with Gasteiger partial charge in [-0.05, 0) is 18.8 Å². The maximum Gasteiger partial charge on any atom is 0.0752 e. The van der Waals surface area contributed by atoms with E-state index in [4.69, 9.17) is 0 Å². The third kappa shape index (κ3) is 1.55. The third-order valence-corrected chi connectivity index (χ3v) is 1.91. The lowest BCUT2D eigenvalue weighted by molar-refractivity contribution is 0.158. The summed E-state index contributed by atoms with van der Waals surface area (Å²) in [6.07, 6.45) is 7.25. The molecular formula is C8H14O. The first-order chi connectivity index (χ1) is 4.34. The van der Waals surface area contributed by atoms with Crippen molar-refractivity contribution < 1.29 is 5.11 Å². The van der Waals surface area contributed by atoms with Gasteiger partial charge in [-0.3, -0.25) is 0 Å². The summed E-state index contributed by atoms with van der Waals surface area (Å²) in [4.78, 5) is 0. The van der Waals surface area contributed by atoms with Crippen LogP contribution in [0.4, 0.5) is 0 Å². The van der Waals surface area contributed by atoms with E-state index in [9.17, 15) is 5.11 Å². The van der Waals surface area contributed by atoms with Crippen molar-refractivity contribution in [1.82, 2.24) is 0 Å². The predicted octanol–water partition coefficient (Wildman–Crippen LogP) is 1.72. The summed E-state index contributed by atoms with van der Waals surface area (Å²) >= 11 is 0. The predicted molar refractivity (Wildman–Crippen MR) is 38.2 cm³/mol. The maximum absolute atomic E-state index is 9.23. The summed E-state index contributed by atoms with van der Waals surface area (Å²) in [6, 6.07) is 0. The van der Waals surface area contributed by atoms with E-state index in [0.717, 1.165) is 12.8 Å². The highest BCUT2D eigenvalue weighted by Gasteiger charge is 2.18. The van der Waals surface area contributed by atoms with Gasteiger partial charge in [0.25, 0.3) is 0 Å². The van der Waals surface area contributed by atoms with Gasteiger partial charge < -0.3 is 5.11 Å². The lowest BCUT2D eigenvalue weighted by atomic mass is 10.00. The summed E-state index contributed by atoms with van der Waals surface area (Å²) in [5.74, 6) is 0.523. The molecule has 1 N–H and O–H groups in total. The second kappa shape index (κ2) is 3.02. The minimum atomic E-state index is -0.148. The Morgan fingerprint density at radius 2 is 2.44 bits per heavy atom. The molecule has 0 aliphatic heterocycles. The van der Waals surface area contributed by atoms with Gasteiger partial charge in [0, 0.05) is 0 Å². The van der Waals surface area contributed by atoms with E-state index in [1.165, 1.54) is 6.42 Å². The van der Waals surface area contributed by atoms with Gasteiger partial charge in [-0.2, -0.15) is 0 Å². The van der Waals surface area contributed by atoms with Crippen molar-refractivity contribution in [3.63, 3.8) is 0 Å². The molecule has 0 amide bonds. The van der Waals surface area contributed by atoms with E-state index >= 15 is 0 Å². The Morgan fingerprint density at radius 1 is 1.67 bits per heavy atom. The van der Waals surface area contributed by atoms with Gasteiger partial charge in [-0.25, -0.2) is 0 Å². The first-order valence-electron chi connectivity index (χ1n) is 3.69. The fourth-order valence-electron chi connectivity index (χ4n) is 1.35. The highest BCUT2D eigenvalue weighted by molar-refractivity contribution is 5.01. The Hall–Kier alpha value is -0.300. The molecule has 1 heteroatoms. The van der Waals surface area contributed by atoms with Crippen molar-refractivity contribution >= 4 is 0 Å². The normalized spacial score (nSPS) is 33.6. The zero-order chi connectivity index (χ0) is 6.69. The molecule has 0 aromatic carbocycles. The van der Waals surface area contributed by atoms with E-state index in [-0.39, 0.29) is 6.10 Å². The number of aliphatic hydroxyl groups excluding tert-OH is 1. The highest BCUT2D eigenvalue weighted by atomic mass is 16.3. The van der Waals surface area contributed by atoms with Crippen molar-refractivity contribution in [2.45, 2.75) is 32.3 Å². The SMILES string of the molecule is CCC[C@@H]1CC=C[C@@H]1O. The Morgan fingerprint density at radius 3 is 2.89 bits per heavy atom. The van der Waals surface area contributed by atoms with Gasteiger partial charge in [0.2, 0.25) is 0 Å². The smallest absolute Gasteiger partial charge is 0.0752 e. The molecule has 0 unspecified atom stereocenters. The molecule has 2 atom stereocenters. The van der Waals surface area contributed by atoms with Crippen molar-refractivity contribution in [1.29, 1.82) is 0 Å². The minimum Gasteiger partial charge on any atom is -0.389 e. The maximum atomic E-state index is 9.23. The van der Waals surface area contributed by atoms with E-state index in [1.807, 2.05) is 6.08 Å². The van der Waals surface area contributed by atoms with Crippen LogP contribution in [0, 0.1) is 5.92 Å². The number of allylic oxidation sites excluding steroid dienone is 1. The van der Waals surface area contributed by atoms with Crippen LogP contribution in [-0.4, -0.2) is 11.2 Å². The molecular weight excluding hydrogens is 112 g/mol. The fourth-order valence-corrected chi connectivity index (χ4v) is 1.35. The Kier molecular flexibility index (Phi) is 2.29. The second-order valence-corrected chi connectivity index (χ2v) is 2.70. The zero-order valence-corrected chi connectivity index (χ0v) is 5.88. The number of hydrogen-bond donors (Lipinski definition) is 1. The first kappa shape index (κ1) is 6.81. The minimum absolute atomic E-state index is 0.148.